The summed E-state index contributed by atoms with van der Waals surface area (Å²) < 4.78 is 1.91. The molecule has 1 aliphatic heterocycles. The predicted molar refractivity (Wildman–Crippen MR) is 99.1 cm³/mol. The number of piperidine rings is 1. The molecule has 0 aromatic carbocycles. The van der Waals surface area contributed by atoms with Crippen LogP contribution in [0.15, 0.2) is 23.7 Å². The summed E-state index contributed by atoms with van der Waals surface area (Å²) in [6, 6.07) is 3.94. The summed E-state index contributed by atoms with van der Waals surface area (Å²) in [7, 11) is 0. The highest BCUT2D eigenvalue weighted by Gasteiger charge is 2.31. The van der Waals surface area contributed by atoms with Crippen LogP contribution in [0.5, 0.6) is 0 Å². The van der Waals surface area contributed by atoms with Crippen LogP contribution in [-0.2, 0) is 6.54 Å². The van der Waals surface area contributed by atoms with Crippen LogP contribution in [0.25, 0.3) is 0 Å². The standard InChI is InChI=1S/C18H22N6OS/c1-12-9-13(2)24(22-12)11-14-10-15(21-20-14)18(25)23-7-4-3-5-16(23)17-19-6-8-26-17/h6,8-10,16H,3-5,7,11H2,1-2H3,(H,20,21)/t16-/m0/s1. The Morgan fingerprint density at radius 2 is 2.23 bits per heavy atom. The minimum atomic E-state index is -0.0271. The number of nitrogens with one attached hydrogen (secondary N) is 1. The fourth-order valence-electron chi connectivity index (χ4n) is 3.53. The summed E-state index contributed by atoms with van der Waals surface area (Å²) in [5.41, 5.74) is 3.41. The second kappa shape index (κ2) is 7.03. The molecule has 8 heteroatoms. The van der Waals surface area contributed by atoms with Gasteiger partial charge in [0, 0.05) is 23.8 Å². The topological polar surface area (TPSA) is 79.7 Å². The zero-order chi connectivity index (χ0) is 18.1. The molecule has 7 nitrogen and oxygen atoms in total. The van der Waals surface area contributed by atoms with Gasteiger partial charge in [-0.1, -0.05) is 0 Å². The van der Waals surface area contributed by atoms with E-state index in [0.717, 1.165) is 47.9 Å². The highest BCUT2D eigenvalue weighted by molar-refractivity contribution is 7.09. The third kappa shape index (κ3) is 3.29. The maximum atomic E-state index is 13.0. The van der Waals surface area contributed by atoms with Crippen LogP contribution in [-0.4, -0.2) is 42.3 Å². The van der Waals surface area contributed by atoms with Gasteiger partial charge in [-0.05, 0) is 45.2 Å². The molecule has 0 spiro atoms. The number of hydrogen-bond acceptors (Lipinski definition) is 5. The number of H-pyrrole nitrogens is 1. The smallest absolute Gasteiger partial charge is 0.274 e. The van der Waals surface area contributed by atoms with Gasteiger partial charge in [0.1, 0.15) is 5.01 Å². The largest absolute Gasteiger partial charge is 0.328 e. The fraction of sp³-hybridized carbons (Fsp3) is 0.444. The van der Waals surface area contributed by atoms with Crippen molar-refractivity contribution in [1.82, 2.24) is 29.9 Å². The van der Waals surface area contributed by atoms with Crippen LogP contribution < -0.4 is 0 Å². The molecule has 3 aromatic rings. The number of likely N-dealkylation sites (tertiary alicyclic amines) is 1. The number of carbonyl (C=O) groups is 1. The third-order valence-electron chi connectivity index (χ3n) is 4.77. The second-order valence-corrected chi connectivity index (χ2v) is 7.67. The van der Waals surface area contributed by atoms with E-state index in [2.05, 4.69) is 20.3 Å². The normalized spacial score (nSPS) is 17.6. The van der Waals surface area contributed by atoms with Crippen molar-refractivity contribution in [3.63, 3.8) is 0 Å². The van der Waals surface area contributed by atoms with Crippen molar-refractivity contribution in [3.8, 4) is 0 Å². The minimum absolute atomic E-state index is 0.0271. The van der Waals surface area contributed by atoms with Crippen molar-refractivity contribution in [1.29, 1.82) is 0 Å². The molecular weight excluding hydrogens is 348 g/mol. The molecule has 3 aromatic heterocycles. The number of amides is 1. The molecule has 1 aliphatic rings. The maximum absolute atomic E-state index is 13.0. The van der Waals surface area contributed by atoms with Gasteiger partial charge in [-0.3, -0.25) is 14.6 Å². The van der Waals surface area contributed by atoms with Crippen LogP contribution in [0, 0.1) is 13.8 Å². The molecule has 1 fully saturated rings. The maximum Gasteiger partial charge on any atom is 0.274 e. The molecule has 1 saturated heterocycles. The summed E-state index contributed by atoms with van der Waals surface area (Å²) >= 11 is 1.61. The Bertz CT molecular complexity index is 897. The van der Waals surface area contributed by atoms with Crippen molar-refractivity contribution >= 4 is 17.2 Å². The average molecular weight is 370 g/mol. The number of aromatic nitrogens is 5. The molecule has 0 saturated carbocycles. The van der Waals surface area contributed by atoms with Gasteiger partial charge in [0.2, 0.25) is 0 Å². The first kappa shape index (κ1) is 17.0. The van der Waals surface area contributed by atoms with Gasteiger partial charge in [-0.25, -0.2) is 4.98 Å². The van der Waals surface area contributed by atoms with Crippen LogP contribution in [0.2, 0.25) is 0 Å². The number of aromatic amines is 1. The molecule has 0 unspecified atom stereocenters. The van der Waals surface area contributed by atoms with Crippen molar-refractivity contribution in [2.24, 2.45) is 0 Å². The van der Waals surface area contributed by atoms with E-state index in [-0.39, 0.29) is 11.9 Å². The third-order valence-corrected chi connectivity index (χ3v) is 5.65. The van der Waals surface area contributed by atoms with Crippen LogP contribution in [0.1, 0.15) is 57.9 Å². The van der Waals surface area contributed by atoms with Crippen molar-refractivity contribution < 1.29 is 4.79 Å². The number of thiazole rings is 1. The van der Waals surface area contributed by atoms with Gasteiger partial charge in [-0.2, -0.15) is 10.2 Å². The van der Waals surface area contributed by atoms with Crippen LogP contribution in [0.4, 0.5) is 0 Å². The van der Waals surface area contributed by atoms with Gasteiger partial charge in [0.05, 0.1) is 24.0 Å². The van der Waals surface area contributed by atoms with Crippen molar-refractivity contribution in [2.45, 2.75) is 45.7 Å². The number of nitrogens with zero attached hydrogens (tertiary/aromatic N) is 5. The van der Waals surface area contributed by atoms with E-state index in [1.54, 1.807) is 17.5 Å². The quantitative estimate of drug-likeness (QED) is 0.765. The summed E-state index contributed by atoms with van der Waals surface area (Å²) in [6.45, 7) is 5.33. The zero-order valence-electron chi connectivity index (χ0n) is 15.0. The summed E-state index contributed by atoms with van der Waals surface area (Å²) in [5, 5.41) is 14.7. The van der Waals surface area contributed by atoms with E-state index in [0.29, 0.717) is 12.2 Å². The van der Waals surface area contributed by atoms with E-state index in [1.807, 2.05) is 40.9 Å². The Morgan fingerprint density at radius 1 is 1.35 bits per heavy atom. The Labute approximate surface area is 156 Å². The number of aryl methyl sites for hydroxylation is 2. The van der Waals surface area contributed by atoms with Crippen molar-refractivity contribution in [3.05, 3.63) is 51.5 Å². The molecule has 136 valence electrons. The zero-order valence-corrected chi connectivity index (χ0v) is 15.8. The summed E-state index contributed by atoms with van der Waals surface area (Å²) in [5.74, 6) is -0.0271. The molecule has 0 aliphatic carbocycles. The SMILES string of the molecule is Cc1cc(C)n(Cc2cc(C(=O)N3CCCC[C@H]3c3nccs3)n[nH]2)n1. The Balaban J connectivity index is 1.52. The molecule has 1 amide bonds. The second-order valence-electron chi connectivity index (χ2n) is 6.74. The van der Waals surface area contributed by atoms with E-state index in [4.69, 9.17) is 0 Å². The van der Waals surface area contributed by atoms with E-state index >= 15 is 0 Å². The van der Waals surface area contributed by atoms with Gasteiger partial charge in [-0.15, -0.1) is 11.3 Å². The highest BCUT2D eigenvalue weighted by Crippen LogP contribution is 2.32. The average Bonchev–Trinajstić information content (AvgIpc) is 3.37. The van der Waals surface area contributed by atoms with Gasteiger partial charge < -0.3 is 4.90 Å². The molecular formula is C18H22N6OS. The van der Waals surface area contributed by atoms with E-state index < -0.39 is 0 Å². The summed E-state index contributed by atoms with van der Waals surface area (Å²) in [6.07, 6.45) is 4.91. The fourth-order valence-corrected chi connectivity index (χ4v) is 4.31. The lowest BCUT2D eigenvalue weighted by atomic mass is 10.0. The molecule has 1 N–H and O–H groups in total. The highest BCUT2D eigenvalue weighted by atomic mass is 32.1. The molecule has 26 heavy (non-hydrogen) atoms. The lowest BCUT2D eigenvalue weighted by Gasteiger charge is -2.34. The van der Waals surface area contributed by atoms with Crippen LogP contribution in [0.3, 0.4) is 0 Å². The molecule has 0 radical (unpaired) electrons. The molecule has 4 heterocycles. The minimum Gasteiger partial charge on any atom is -0.328 e. The lowest BCUT2D eigenvalue weighted by Crippen LogP contribution is -2.38. The first-order valence-electron chi connectivity index (χ1n) is 8.87. The monoisotopic (exact) mass is 370 g/mol. The Morgan fingerprint density at radius 3 is 2.96 bits per heavy atom. The molecule has 1 atom stereocenters. The van der Waals surface area contributed by atoms with Crippen molar-refractivity contribution in [2.75, 3.05) is 6.54 Å². The van der Waals surface area contributed by atoms with Gasteiger partial charge in [0.15, 0.2) is 5.69 Å². The number of carbonyl (C=O) groups excluding carboxylic acids is 1. The number of rotatable bonds is 4. The van der Waals surface area contributed by atoms with Crippen LogP contribution >= 0.6 is 11.3 Å². The first-order valence-corrected chi connectivity index (χ1v) is 9.75. The number of hydrogen-bond donors (Lipinski definition) is 1. The molecule has 0 bridgehead atoms. The van der Waals surface area contributed by atoms with E-state index in [9.17, 15) is 4.79 Å². The Hall–Kier alpha value is -2.48. The van der Waals surface area contributed by atoms with Gasteiger partial charge in [0.25, 0.3) is 5.91 Å². The lowest BCUT2D eigenvalue weighted by molar-refractivity contribution is 0.0605. The van der Waals surface area contributed by atoms with E-state index in [1.165, 1.54) is 0 Å². The molecule has 4 rings (SSSR count). The Kier molecular flexibility index (Phi) is 4.58. The summed E-state index contributed by atoms with van der Waals surface area (Å²) in [4.78, 5) is 19.4. The first-order chi connectivity index (χ1) is 12.6. The van der Waals surface area contributed by atoms with Gasteiger partial charge >= 0.3 is 0 Å². The predicted octanol–water partition coefficient (Wildman–Crippen LogP) is 3.10.